The van der Waals surface area contributed by atoms with E-state index < -0.39 is 0 Å². The number of amides is 2. The predicted octanol–water partition coefficient (Wildman–Crippen LogP) is 6.01. The monoisotopic (exact) mass is 777 g/mol. The van der Waals surface area contributed by atoms with E-state index in [4.69, 9.17) is 9.72 Å². The normalized spacial score (nSPS) is 18.2. The smallest absolute Gasteiger partial charge is 0.270 e. The van der Waals surface area contributed by atoms with E-state index in [0.29, 0.717) is 38.9 Å². The molecule has 3 aromatic heterocycles. The first-order valence-electron chi connectivity index (χ1n) is 19.8. The predicted molar refractivity (Wildman–Crippen MR) is 221 cm³/mol. The number of aromatic nitrogens is 4. The highest BCUT2D eigenvalue weighted by Crippen LogP contribution is 2.32. The second-order valence-corrected chi connectivity index (χ2v) is 15.1. The van der Waals surface area contributed by atoms with Crippen molar-refractivity contribution in [2.75, 3.05) is 31.6 Å². The van der Waals surface area contributed by atoms with Gasteiger partial charge < -0.3 is 26.0 Å². The molecule has 3 saturated heterocycles. The van der Waals surface area contributed by atoms with Crippen molar-refractivity contribution in [1.82, 2.24) is 40.6 Å². The van der Waals surface area contributed by atoms with Gasteiger partial charge in [0, 0.05) is 69.8 Å². The van der Waals surface area contributed by atoms with Crippen molar-refractivity contribution >= 4 is 40.9 Å². The zero-order valence-corrected chi connectivity index (χ0v) is 33.3. The molecule has 12 nitrogen and oxygen atoms in total. The molecular weight excluding hydrogens is 726 g/mol. The largest absolute Gasteiger partial charge is 0.381 e. The molecule has 3 aliphatic rings. The molecule has 6 heterocycles. The van der Waals surface area contributed by atoms with E-state index in [-0.39, 0.29) is 48.2 Å². The van der Waals surface area contributed by atoms with Crippen molar-refractivity contribution in [3.8, 4) is 11.1 Å². The Labute approximate surface area is 334 Å². The number of rotatable bonds is 13. The van der Waals surface area contributed by atoms with Crippen LogP contribution in [0.25, 0.3) is 22.2 Å². The van der Waals surface area contributed by atoms with Gasteiger partial charge in [-0.3, -0.25) is 14.5 Å². The number of benzene rings is 2. The number of hydrogen-bond donors (Lipinski definition) is 4. The van der Waals surface area contributed by atoms with Crippen LogP contribution in [0.3, 0.4) is 0 Å². The molecule has 8 rings (SSSR count). The first-order valence-corrected chi connectivity index (χ1v) is 19.8. The van der Waals surface area contributed by atoms with Crippen molar-refractivity contribution in [3.63, 3.8) is 0 Å². The summed E-state index contributed by atoms with van der Waals surface area (Å²) in [6, 6.07) is 20.3. The molecule has 56 heavy (non-hydrogen) atoms. The SMILES string of the molecule is CCc1nc2c(cnn2CC)c(NC2CCOCC2)c1CNC(=O)c1cccc(C(=O)NCc2ccc(C)c(-c3cccc(CN4C[C@H]5CN[C@@H]4C5)c3)c2)n1.Cl. The van der Waals surface area contributed by atoms with Gasteiger partial charge >= 0.3 is 0 Å². The number of carbonyl (C=O) groups excluding carboxylic acids is 2. The standard InChI is InChI=1S/C43H51N9O3.ClH/c1-4-36-34(40(48-32-14-16-55-17-15-32)35-24-47-52(5-2)41(35)50-36)23-46-43(54)38-11-7-10-37(49-38)42(53)45-21-28-13-12-27(3)33(19-28)31-9-6-8-29(18-31)25-51-26-30-20-39(51)44-22-30;/h6-13,18-19,24,30,32,39,44H,4-5,14-17,20-23,25-26H2,1-3H3,(H,45,53)(H,46,54)(H,48,50);1H/t30-,39+;/m1./s1. The van der Waals surface area contributed by atoms with Gasteiger partial charge in [0.2, 0.25) is 0 Å². The molecule has 0 radical (unpaired) electrons. The second-order valence-electron chi connectivity index (χ2n) is 15.1. The van der Waals surface area contributed by atoms with E-state index in [1.54, 1.807) is 18.2 Å². The van der Waals surface area contributed by atoms with Gasteiger partial charge in [-0.15, -0.1) is 12.4 Å². The number of ether oxygens (including phenoxy) is 1. The summed E-state index contributed by atoms with van der Waals surface area (Å²) in [5.41, 5.74) is 9.76. The van der Waals surface area contributed by atoms with Crippen LogP contribution in [-0.4, -0.2) is 75.0 Å². The number of fused-ring (bicyclic) bond motifs is 3. The summed E-state index contributed by atoms with van der Waals surface area (Å²) in [5.74, 6) is 0.0644. The summed E-state index contributed by atoms with van der Waals surface area (Å²) in [4.78, 5) is 38.9. The maximum atomic E-state index is 13.6. The minimum absolute atomic E-state index is 0. The third kappa shape index (κ3) is 8.44. The Morgan fingerprint density at radius 3 is 2.41 bits per heavy atom. The van der Waals surface area contributed by atoms with Crippen molar-refractivity contribution in [2.45, 2.75) is 84.8 Å². The highest BCUT2D eigenvalue weighted by Gasteiger charge is 2.37. The lowest BCUT2D eigenvalue weighted by atomic mass is 9.96. The van der Waals surface area contributed by atoms with Crippen LogP contribution in [0.15, 0.2) is 66.9 Å². The Bertz CT molecular complexity index is 2200. The van der Waals surface area contributed by atoms with Gasteiger partial charge in [-0.25, -0.2) is 14.6 Å². The number of nitrogens with one attached hydrogen (secondary N) is 4. The van der Waals surface area contributed by atoms with E-state index >= 15 is 0 Å². The first-order chi connectivity index (χ1) is 26.9. The third-order valence-electron chi connectivity index (χ3n) is 11.3. The van der Waals surface area contributed by atoms with Crippen molar-refractivity contribution in [1.29, 1.82) is 0 Å². The fraction of sp³-hybridized carbons (Fsp3) is 0.419. The van der Waals surface area contributed by atoms with Crippen LogP contribution >= 0.6 is 12.4 Å². The molecule has 0 spiro atoms. The molecule has 13 heteroatoms. The Hall–Kier alpha value is -4.88. The molecule has 3 aliphatic heterocycles. The lowest BCUT2D eigenvalue weighted by molar-refractivity contribution is 0.0904. The molecule has 5 aromatic rings. The van der Waals surface area contributed by atoms with E-state index in [9.17, 15) is 9.59 Å². The lowest BCUT2D eigenvalue weighted by Gasteiger charge is -2.27. The molecule has 0 saturated carbocycles. The minimum Gasteiger partial charge on any atom is -0.381 e. The molecule has 0 unspecified atom stereocenters. The second kappa shape index (κ2) is 17.5. The number of aryl methyl sites for hydroxylation is 3. The minimum atomic E-state index is -0.364. The van der Waals surface area contributed by atoms with Gasteiger partial charge in [-0.2, -0.15) is 5.10 Å². The van der Waals surface area contributed by atoms with Crippen LogP contribution in [0.4, 0.5) is 5.69 Å². The molecule has 2 bridgehead atoms. The lowest BCUT2D eigenvalue weighted by Crippen LogP contribution is -2.43. The average molecular weight is 778 g/mol. The van der Waals surface area contributed by atoms with Gasteiger partial charge in [-0.1, -0.05) is 43.3 Å². The van der Waals surface area contributed by atoms with Gasteiger partial charge in [0.1, 0.15) is 11.4 Å². The summed E-state index contributed by atoms with van der Waals surface area (Å²) in [6.07, 6.45) is 6.09. The van der Waals surface area contributed by atoms with Crippen LogP contribution in [0, 0.1) is 12.8 Å². The number of halogens is 1. The number of likely N-dealkylation sites (tertiary alicyclic amines) is 1. The third-order valence-corrected chi connectivity index (χ3v) is 11.3. The number of pyridine rings is 2. The average Bonchev–Trinajstić information content (AvgIpc) is 3.97. The Kier molecular flexibility index (Phi) is 12.3. The van der Waals surface area contributed by atoms with E-state index in [1.165, 1.54) is 23.1 Å². The van der Waals surface area contributed by atoms with Crippen LogP contribution in [-0.2, 0) is 37.3 Å². The van der Waals surface area contributed by atoms with Crippen molar-refractivity contribution in [3.05, 3.63) is 106 Å². The number of anilines is 1. The van der Waals surface area contributed by atoms with Gasteiger partial charge in [-0.05, 0) is 97.5 Å². The quantitative estimate of drug-likeness (QED) is 0.113. The summed E-state index contributed by atoms with van der Waals surface area (Å²) in [6.45, 7) is 12.2. The number of nitrogens with zero attached hydrogens (tertiary/aromatic N) is 5. The van der Waals surface area contributed by atoms with Crippen LogP contribution in [0.1, 0.15) is 82.0 Å². The maximum absolute atomic E-state index is 13.6. The van der Waals surface area contributed by atoms with Crippen molar-refractivity contribution < 1.29 is 14.3 Å². The topological polar surface area (TPSA) is 138 Å². The zero-order chi connectivity index (χ0) is 37.9. The van der Waals surface area contributed by atoms with Crippen LogP contribution < -0.4 is 21.3 Å². The van der Waals surface area contributed by atoms with Crippen LogP contribution in [0.2, 0.25) is 0 Å². The van der Waals surface area contributed by atoms with E-state index in [0.717, 1.165) is 77.5 Å². The molecule has 2 atom stereocenters. The molecule has 2 amide bonds. The van der Waals surface area contributed by atoms with Crippen molar-refractivity contribution in [2.24, 2.45) is 5.92 Å². The van der Waals surface area contributed by atoms with E-state index in [2.05, 4.69) is 93.4 Å². The molecule has 0 aliphatic carbocycles. The summed E-state index contributed by atoms with van der Waals surface area (Å²) < 4.78 is 7.50. The van der Waals surface area contributed by atoms with Gasteiger partial charge in [0.15, 0.2) is 5.65 Å². The summed E-state index contributed by atoms with van der Waals surface area (Å²) >= 11 is 0. The Balaban J connectivity index is 0.00000480. The molecular formula is C43H52ClN9O3. The number of carbonyl (C=O) groups is 2. The van der Waals surface area contributed by atoms with Crippen LogP contribution in [0.5, 0.6) is 0 Å². The van der Waals surface area contributed by atoms with E-state index in [1.807, 2.05) is 16.9 Å². The first kappa shape index (κ1) is 39.4. The Morgan fingerprint density at radius 2 is 1.70 bits per heavy atom. The molecule has 4 N–H and O–H groups in total. The fourth-order valence-corrected chi connectivity index (χ4v) is 8.32. The highest BCUT2D eigenvalue weighted by atomic mass is 35.5. The molecule has 2 aromatic carbocycles. The summed E-state index contributed by atoms with van der Waals surface area (Å²) in [5, 5.41) is 19.0. The molecule has 3 fully saturated rings. The summed E-state index contributed by atoms with van der Waals surface area (Å²) in [7, 11) is 0. The number of hydrogen-bond acceptors (Lipinski definition) is 9. The fourth-order valence-electron chi connectivity index (χ4n) is 8.32. The highest BCUT2D eigenvalue weighted by molar-refractivity contribution is 5.97. The maximum Gasteiger partial charge on any atom is 0.270 e. The van der Waals surface area contributed by atoms with Gasteiger partial charge in [0.25, 0.3) is 11.8 Å². The Morgan fingerprint density at radius 1 is 0.929 bits per heavy atom. The van der Waals surface area contributed by atoms with Gasteiger partial charge in [0.05, 0.1) is 23.4 Å². The molecule has 294 valence electrons. The zero-order valence-electron chi connectivity index (χ0n) is 32.4.